The highest BCUT2D eigenvalue weighted by atomic mass is 16.1. The van der Waals surface area contributed by atoms with Crippen LogP contribution in [0, 0.1) is 13.8 Å². The van der Waals surface area contributed by atoms with Gasteiger partial charge in [-0.2, -0.15) is 0 Å². The summed E-state index contributed by atoms with van der Waals surface area (Å²) in [5.74, 6) is -0.0492. The largest absolute Gasteiger partial charge is 0.338 e. The molecule has 4 heteroatoms. The number of nitrogens with zero attached hydrogens (tertiary/aromatic N) is 2. The van der Waals surface area contributed by atoms with Gasteiger partial charge in [0, 0.05) is 23.3 Å². The van der Waals surface area contributed by atoms with Crippen LogP contribution >= 0.6 is 0 Å². The second-order valence-electron chi connectivity index (χ2n) is 5.20. The number of pyridine rings is 1. The van der Waals surface area contributed by atoms with E-state index in [4.69, 9.17) is 0 Å². The van der Waals surface area contributed by atoms with E-state index in [0.717, 1.165) is 16.8 Å². The van der Waals surface area contributed by atoms with Crippen LogP contribution in [0.5, 0.6) is 0 Å². The predicted molar refractivity (Wildman–Crippen MR) is 84.3 cm³/mol. The lowest BCUT2D eigenvalue weighted by Crippen LogP contribution is -2.18. The lowest BCUT2D eigenvalue weighted by atomic mass is 10.2. The molecule has 0 unspecified atom stereocenters. The van der Waals surface area contributed by atoms with Gasteiger partial charge in [-0.3, -0.25) is 9.78 Å². The Labute approximate surface area is 123 Å². The lowest BCUT2D eigenvalue weighted by Gasteiger charge is -2.09. The van der Waals surface area contributed by atoms with Crippen molar-refractivity contribution in [1.82, 2.24) is 9.55 Å². The predicted octanol–water partition coefficient (Wildman–Crippen LogP) is 3.29. The fraction of sp³-hybridized carbons (Fsp3) is 0.176. The molecule has 106 valence electrons. The van der Waals surface area contributed by atoms with Crippen molar-refractivity contribution >= 4 is 22.5 Å². The Kier molecular flexibility index (Phi) is 3.44. The van der Waals surface area contributed by atoms with E-state index in [1.165, 1.54) is 10.9 Å². The van der Waals surface area contributed by atoms with E-state index < -0.39 is 0 Å². The minimum Gasteiger partial charge on any atom is -0.338 e. The van der Waals surface area contributed by atoms with Crippen LogP contribution in [0.25, 0.3) is 10.9 Å². The Morgan fingerprint density at radius 1 is 1.19 bits per heavy atom. The number of aromatic nitrogens is 2. The Hall–Kier alpha value is -2.62. The summed E-state index contributed by atoms with van der Waals surface area (Å²) in [4.78, 5) is 16.3. The molecule has 21 heavy (non-hydrogen) atoms. The molecule has 0 bridgehead atoms. The van der Waals surface area contributed by atoms with Gasteiger partial charge in [-0.25, -0.2) is 0 Å². The maximum atomic E-state index is 12.2. The number of nitrogens with one attached hydrogen (secondary N) is 1. The van der Waals surface area contributed by atoms with Gasteiger partial charge in [0.2, 0.25) is 5.91 Å². The molecule has 0 spiro atoms. The van der Waals surface area contributed by atoms with Gasteiger partial charge in [0.05, 0.1) is 11.9 Å². The van der Waals surface area contributed by atoms with E-state index in [1.807, 2.05) is 42.0 Å². The minimum absolute atomic E-state index is 0.0492. The Balaban J connectivity index is 1.82. The number of hydrogen-bond acceptors (Lipinski definition) is 2. The third-order valence-corrected chi connectivity index (χ3v) is 3.61. The van der Waals surface area contributed by atoms with Crippen molar-refractivity contribution in [2.24, 2.45) is 0 Å². The van der Waals surface area contributed by atoms with Crippen LogP contribution in [-0.2, 0) is 11.3 Å². The van der Waals surface area contributed by atoms with E-state index in [1.54, 1.807) is 12.4 Å². The number of hydrogen-bond donors (Lipinski definition) is 1. The first-order valence-corrected chi connectivity index (χ1v) is 6.90. The molecular formula is C17H17N3O. The number of anilines is 1. The molecule has 0 radical (unpaired) electrons. The van der Waals surface area contributed by atoms with Crippen LogP contribution in [-0.4, -0.2) is 15.5 Å². The van der Waals surface area contributed by atoms with Crippen LogP contribution in [0.2, 0.25) is 0 Å². The van der Waals surface area contributed by atoms with Gasteiger partial charge in [0.25, 0.3) is 0 Å². The van der Waals surface area contributed by atoms with Gasteiger partial charge in [0.15, 0.2) is 0 Å². The van der Waals surface area contributed by atoms with Crippen LogP contribution in [0.3, 0.4) is 0 Å². The third kappa shape index (κ3) is 2.65. The summed E-state index contributed by atoms with van der Waals surface area (Å²) in [7, 11) is 0. The maximum absolute atomic E-state index is 12.2. The molecule has 3 aromatic rings. The number of rotatable bonds is 3. The number of amides is 1. The molecule has 0 aliphatic rings. The first-order valence-electron chi connectivity index (χ1n) is 6.90. The number of para-hydroxylation sites is 1. The molecule has 0 aliphatic heterocycles. The summed E-state index contributed by atoms with van der Waals surface area (Å²) in [6.07, 6.45) is 5.40. The number of carbonyl (C=O) groups is 1. The average Bonchev–Trinajstić information content (AvgIpc) is 2.79. The van der Waals surface area contributed by atoms with E-state index in [0.29, 0.717) is 6.54 Å². The fourth-order valence-electron chi connectivity index (χ4n) is 2.50. The van der Waals surface area contributed by atoms with Gasteiger partial charge in [-0.15, -0.1) is 0 Å². The molecular weight excluding hydrogens is 262 g/mol. The molecule has 0 saturated heterocycles. The van der Waals surface area contributed by atoms with Crippen molar-refractivity contribution in [3.8, 4) is 0 Å². The fourth-order valence-corrected chi connectivity index (χ4v) is 2.50. The SMILES string of the molecule is Cc1ccncc1NC(=O)Cn1cc(C)c2ccccc21. The number of fused-ring (bicyclic) bond motifs is 1. The van der Waals surface area contributed by atoms with Crippen LogP contribution in [0.1, 0.15) is 11.1 Å². The summed E-state index contributed by atoms with van der Waals surface area (Å²) in [5.41, 5.74) is 4.02. The lowest BCUT2D eigenvalue weighted by molar-refractivity contribution is -0.116. The molecule has 4 nitrogen and oxygen atoms in total. The van der Waals surface area contributed by atoms with E-state index in [9.17, 15) is 4.79 Å². The maximum Gasteiger partial charge on any atom is 0.244 e. The molecule has 0 atom stereocenters. The van der Waals surface area contributed by atoms with Gasteiger partial charge in [-0.05, 0) is 37.1 Å². The van der Waals surface area contributed by atoms with Crippen molar-refractivity contribution in [1.29, 1.82) is 0 Å². The molecule has 0 aliphatic carbocycles. The van der Waals surface area contributed by atoms with Gasteiger partial charge < -0.3 is 9.88 Å². The van der Waals surface area contributed by atoms with Gasteiger partial charge in [0.1, 0.15) is 6.54 Å². The Bertz CT molecular complexity index is 805. The molecule has 1 N–H and O–H groups in total. The van der Waals surface area contributed by atoms with Crippen molar-refractivity contribution in [3.63, 3.8) is 0 Å². The van der Waals surface area contributed by atoms with Gasteiger partial charge in [-0.1, -0.05) is 18.2 Å². The highest BCUT2D eigenvalue weighted by Gasteiger charge is 2.09. The van der Waals surface area contributed by atoms with E-state index in [2.05, 4.69) is 23.3 Å². The second kappa shape index (κ2) is 5.40. The second-order valence-corrected chi connectivity index (χ2v) is 5.20. The molecule has 1 amide bonds. The molecule has 2 aromatic heterocycles. The van der Waals surface area contributed by atoms with Crippen molar-refractivity contribution in [2.45, 2.75) is 20.4 Å². The monoisotopic (exact) mass is 279 g/mol. The quantitative estimate of drug-likeness (QED) is 0.799. The summed E-state index contributed by atoms with van der Waals surface area (Å²) >= 11 is 0. The summed E-state index contributed by atoms with van der Waals surface area (Å²) in [6, 6.07) is 9.99. The minimum atomic E-state index is -0.0492. The zero-order valence-corrected chi connectivity index (χ0v) is 12.1. The highest BCUT2D eigenvalue weighted by Crippen LogP contribution is 2.20. The van der Waals surface area contributed by atoms with Crippen molar-refractivity contribution in [3.05, 3.63) is 60.0 Å². The Morgan fingerprint density at radius 2 is 2.00 bits per heavy atom. The summed E-state index contributed by atoms with van der Waals surface area (Å²) in [6.45, 7) is 4.30. The third-order valence-electron chi connectivity index (χ3n) is 3.61. The van der Waals surface area contributed by atoms with Crippen LogP contribution < -0.4 is 5.32 Å². The average molecular weight is 279 g/mol. The Morgan fingerprint density at radius 3 is 2.81 bits per heavy atom. The summed E-state index contributed by atoms with van der Waals surface area (Å²) < 4.78 is 1.98. The molecule has 0 saturated carbocycles. The van der Waals surface area contributed by atoms with E-state index in [-0.39, 0.29) is 5.91 Å². The van der Waals surface area contributed by atoms with Crippen molar-refractivity contribution in [2.75, 3.05) is 5.32 Å². The van der Waals surface area contributed by atoms with Crippen molar-refractivity contribution < 1.29 is 4.79 Å². The number of benzene rings is 1. The molecule has 1 aromatic carbocycles. The molecule has 3 rings (SSSR count). The van der Waals surface area contributed by atoms with Crippen LogP contribution in [0.4, 0.5) is 5.69 Å². The standard InChI is InChI=1S/C17H17N3O/c1-12-7-8-18-9-15(12)19-17(21)11-20-10-13(2)14-5-3-4-6-16(14)20/h3-10H,11H2,1-2H3,(H,19,21). The smallest absolute Gasteiger partial charge is 0.244 e. The zero-order chi connectivity index (χ0) is 14.8. The normalized spacial score (nSPS) is 10.8. The molecule has 2 heterocycles. The first-order chi connectivity index (χ1) is 10.1. The number of carbonyl (C=O) groups excluding carboxylic acids is 1. The topological polar surface area (TPSA) is 46.9 Å². The van der Waals surface area contributed by atoms with Gasteiger partial charge >= 0.3 is 0 Å². The highest BCUT2D eigenvalue weighted by molar-refractivity contribution is 5.93. The van der Waals surface area contributed by atoms with E-state index >= 15 is 0 Å². The molecule has 0 fully saturated rings. The van der Waals surface area contributed by atoms with Crippen LogP contribution in [0.15, 0.2) is 48.9 Å². The number of aryl methyl sites for hydroxylation is 2. The zero-order valence-electron chi connectivity index (χ0n) is 12.1. The summed E-state index contributed by atoms with van der Waals surface area (Å²) in [5, 5.41) is 4.09. The first kappa shape index (κ1) is 13.4.